The molecule has 10 aromatic rings. The number of hydrogen-bond acceptors (Lipinski definition) is 4. The molecule has 0 amide bonds. The number of rotatable bonds is 4. The lowest BCUT2D eigenvalue weighted by molar-refractivity contribution is 0.518. The number of hydrogen-bond donors (Lipinski definition) is 0. The molecule has 58 heavy (non-hydrogen) atoms. The standard InChI is InChI=1S/C54H35N3S/c1-54-31-10-9-20-48(54)57-50(44-28-27-43-42-18-7-8-19-47(42)58-53(43)49(44)54)37-15-11-14-36(32-37)38-25-26-41(40-17-6-5-16-39(38)40)46-30-24-35-22-21-34-23-29-45(33-12-3-2-4-13-33)55-51(34)52(35)56-46/h2-32,48H,1H3. The maximum atomic E-state index is 5.54. The van der Waals surface area contributed by atoms with Gasteiger partial charge in [-0.1, -0.05) is 164 Å². The smallest absolute Gasteiger partial charge is 0.0972 e. The number of aliphatic imine (C=N–C) groups is 1. The predicted molar refractivity (Wildman–Crippen MR) is 245 cm³/mol. The molecule has 2 atom stereocenters. The largest absolute Gasteiger partial charge is 0.275 e. The van der Waals surface area contributed by atoms with E-state index in [-0.39, 0.29) is 11.5 Å². The summed E-state index contributed by atoms with van der Waals surface area (Å²) in [6, 6.07) is 58.8. The van der Waals surface area contributed by atoms with Gasteiger partial charge in [0.2, 0.25) is 0 Å². The Morgan fingerprint density at radius 2 is 1.14 bits per heavy atom. The fraction of sp³-hybridized carbons (Fsp3) is 0.0556. The van der Waals surface area contributed by atoms with E-state index in [1.807, 2.05) is 17.4 Å². The quantitative estimate of drug-likeness (QED) is 0.168. The van der Waals surface area contributed by atoms with E-state index in [0.717, 1.165) is 66.5 Å². The zero-order chi connectivity index (χ0) is 38.4. The second-order valence-electron chi connectivity index (χ2n) is 15.7. The van der Waals surface area contributed by atoms with Gasteiger partial charge in [0.15, 0.2) is 0 Å². The Labute approximate surface area is 340 Å². The zero-order valence-electron chi connectivity index (χ0n) is 31.7. The van der Waals surface area contributed by atoms with Crippen molar-refractivity contribution in [2.45, 2.75) is 18.4 Å². The first kappa shape index (κ1) is 33.2. The van der Waals surface area contributed by atoms with E-state index in [9.17, 15) is 0 Å². The lowest BCUT2D eigenvalue weighted by Gasteiger charge is -2.39. The lowest BCUT2D eigenvalue weighted by atomic mass is 9.69. The average molecular weight is 758 g/mol. The Kier molecular flexibility index (Phi) is 7.29. The minimum atomic E-state index is -0.235. The summed E-state index contributed by atoms with van der Waals surface area (Å²) in [5, 5.41) is 7.16. The summed E-state index contributed by atoms with van der Waals surface area (Å²) in [4.78, 5) is 16.0. The molecular weight excluding hydrogens is 723 g/mol. The molecule has 0 fully saturated rings. The third-order valence-electron chi connectivity index (χ3n) is 12.3. The zero-order valence-corrected chi connectivity index (χ0v) is 32.5. The molecule has 3 nitrogen and oxygen atoms in total. The first-order chi connectivity index (χ1) is 28.6. The van der Waals surface area contributed by atoms with Crippen LogP contribution in [-0.4, -0.2) is 21.7 Å². The predicted octanol–water partition coefficient (Wildman–Crippen LogP) is 13.9. The van der Waals surface area contributed by atoms with Gasteiger partial charge >= 0.3 is 0 Å². The minimum absolute atomic E-state index is 0.00582. The molecule has 0 radical (unpaired) electrons. The minimum Gasteiger partial charge on any atom is -0.275 e. The van der Waals surface area contributed by atoms with Gasteiger partial charge in [-0.3, -0.25) is 4.99 Å². The Morgan fingerprint density at radius 3 is 1.97 bits per heavy atom. The van der Waals surface area contributed by atoms with Gasteiger partial charge in [-0.05, 0) is 58.7 Å². The highest BCUT2D eigenvalue weighted by molar-refractivity contribution is 7.26. The number of allylic oxidation sites excluding steroid dienone is 2. The Bertz CT molecular complexity index is 3430. The van der Waals surface area contributed by atoms with E-state index in [1.54, 1.807) is 0 Å². The molecule has 4 heterocycles. The monoisotopic (exact) mass is 757 g/mol. The van der Waals surface area contributed by atoms with Crippen LogP contribution in [-0.2, 0) is 5.41 Å². The van der Waals surface area contributed by atoms with E-state index in [4.69, 9.17) is 15.0 Å². The Hall–Kier alpha value is -7.01. The second-order valence-corrected chi connectivity index (χ2v) is 16.7. The number of fused-ring (bicyclic) bond motifs is 11. The highest BCUT2D eigenvalue weighted by atomic mass is 32.1. The van der Waals surface area contributed by atoms with Crippen molar-refractivity contribution in [3.63, 3.8) is 0 Å². The van der Waals surface area contributed by atoms with Crippen LogP contribution in [0.1, 0.15) is 23.6 Å². The van der Waals surface area contributed by atoms with Crippen LogP contribution in [0.4, 0.5) is 0 Å². The van der Waals surface area contributed by atoms with E-state index < -0.39 is 0 Å². The van der Waals surface area contributed by atoms with Crippen molar-refractivity contribution in [1.82, 2.24) is 9.97 Å². The molecule has 0 spiro atoms. The maximum absolute atomic E-state index is 5.54. The molecule has 3 aromatic heterocycles. The molecule has 0 saturated carbocycles. The number of aromatic nitrogens is 2. The van der Waals surface area contributed by atoms with Crippen LogP contribution in [0, 0.1) is 0 Å². The molecule has 272 valence electrons. The van der Waals surface area contributed by atoms with Gasteiger partial charge in [-0.2, -0.15) is 0 Å². The summed E-state index contributed by atoms with van der Waals surface area (Å²) in [6.07, 6.45) is 8.97. The number of thiophene rings is 1. The van der Waals surface area contributed by atoms with Crippen molar-refractivity contribution in [1.29, 1.82) is 0 Å². The van der Waals surface area contributed by atoms with E-state index in [1.165, 1.54) is 42.2 Å². The maximum Gasteiger partial charge on any atom is 0.0972 e. The van der Waals surface area contributed by atoms with Crippen LogP contribution in [0.5, 0.6) is 0 Å². The molecule has 1 aliphatic carbocycles. The third kappa shape index (κ3) is 5.02. The second kappa shape index (κ2) is 12.8. The lowest BCUT2D eigenvalue weighted by Crippen LogP contribution is -2.39. The van der Waals surface area contributed by atoms with Gasteiger partial charge in [-0.15, -0.1) is 11.3 Å². The summed E-state index contributed by atoms with van der Waals surface area (Å²) in [7, 11) is 0. The van der Waals surface area contributed by atoms with Gasteiger partial charge in [0.05, 0.1) is 34.2 Å². The molecule has 0 N–H and O–H groups in total. The summed E-state index contributed by atoms with van der Waals surface area (Å²) >= 11 is 1.91. The third-order valence-corrected chi connectivity index (χ3v) is 13.5. The van der Waals surface area contributed by atoms with Gasteiger partial charge in [-0.25, -0.2) is 9.97 Å². The van der Waals surface area contributed by atoms with Crippen LogP contribution in [0.3, 0.4) is 0 Å². The molecule has 2 aliphatic rings. The SMILES string of the molecule is CC12C=CC=CC1N=C(c1cccc(-c3ccc(-c4ccc5ccc6ccc(-c7ccccc7)nc6c5n4)c4ccccc34)c1)c1ccc3c(sc4ccccc43)c12. The Morgan fingerprint density at radius 1 is 0.500 bits per heavy atom. The molecule has 0 saturated heterocycles. The molecular formula is C54H35N3S. The molecule has 2 unspecified atom stereocenters. The average Bonchev–Trinajstić information content (AvgIpc) is 3.67. The molecule has 12 rings (SSSR count). The Balaban J connectivity index is 0.988. The van der Waals surface area contributed by atoms with Crippen molar-refractivity contribution < 1.29 is 0 Å². The van der Waals surface area contributed by atoms with Crippen LogP contribution < -0.4 is 0 Å². The summed E-state index contributed by atoms with van der Waals surface area (Å²) in [6.45, 7) is 2.36. The number of nitrogens with zero attached hydrogens (tertiary/aromatic N) is 3. The summed E-state index contributed by atoms with van der Waals surface area (Å²) < 4.78 is 2.68. The number of benzene rings is 7. The van der Waals surface area contributed by atoms with Crippen molar-refractivity contribution >= 4 is 69.8 Å². The first-order valence-electron chi connectivity index (χ1n) is 19.9. The highest BCUT2D eigenvalue weighted by Crippen LogP contribution is 2.48. The molecule has 0 bridgehead atoms. The van der Waals surface area contributed by atoms with E-state index in [0.29, 0.717) is 0 Å². The summed E-state index contributed by atoms with van der Waals surface area (Å²) in [5.74, 6) is 0. The highest BCUT2D eigenvalue weighted by Gasteiger charge is 2.41. The van der Waals surface area contributed by atoms with Gasteiger partial charge in [0.1, 0.15) is 0 Å². The molecule has 7 aromatic carbocycles. The van der Waals surface area contributed by atoms with Crippen LogP contribution >= 0.6 is 11.3 Å². The summed E-state index contributed by atoms with van der Waals surface area (Å²) in [5.41, 5.74) is 12.8. The van der Waals surface area contributed by atoms with Gasteiger partial charge < -0.3 is 0 Å². The fourth-order valence-corrected chi connectivity index (χ4v) is 10.8. The van der Waals surface area contributed by atoms with Crippen molar-refractivity contribution in [2.75, 3.05) is 0 Å². The fourth-order valence-electron chi connectivity index (χ4n) is 9.39. The van der Waals surface area contributed by atoms with E-state index in [2.05, 4.69) is 189 Å². The van der Waals surface area contributed by atoms with Crippen LogP contribution in [0.25, 0.3) is 86.4 Å². The molecule has 4 heteroatoms. The van der Waals surface area contributed by atoms with Crippen molar-refractivity contribution in [3.8, 4) is 33.6 Å². The van der Waals surface area contributed by atoms with Crippen LogP contribution in [0.2, 0.25) is 0 Å². The van der Waals surface area contributed by atoms with Gasteiger partial charge in [0.25, 0.3) is 0 Å². The first-order valence-corrected chi connectivity index (χ1v) is 20.7. The normalized spacial score (nSPS) is 17.3. The van der Waals surface area contributed by atoms with Crippen molar-refractivity contribution in [3.05, 3.63) is 205 Å². The van der Waals surface area contributed by atoms with Crippen LogP contribution in [0.15, 0.2) is 193 Å². The topological polar surface area (TPSA) is 38.1 Å². The number of pyridine rings is 2. The molecule has 1 aliphatic heterocycles. The van der Waals surface area contributed by atoms with E-state index >= 15 is 0 Å². The van der Waals surface area contributed by atoms with Gasteiger partial charge in [0, 0.05) is 58.6 Å². The van der Waals surface area contributed by atoms with Crippen molar-refractivity contribution in [2.24, 2.45) is 4.99 Å².